The Balaban J connectivity index is 1.98. The number of hydrogen-bond donors (Lipinski definition) is 2. The van der Waals surface area contributed by atoms with E-state index in [1.807, 2.05) is 18.2 Å². The van der Waals surface area contributed by atoms with Crippen molar-refractivity contribution in [2.45, 2.75) is 46.1 Å². The molecule has 7 nitrogen and oxygen atoms in total. The van der Waals surface area contributed by atoms with Crippen LogP contribution in [0.25, 0.3) is 0 Å². The van der Waals surface area contributed by atoms with Crippen LogP contribution in [-0.2, 0) is 20.7 Å². The van der Waals surface area contributed by atoms with Gasteiger partial charge in [0.05, 0.1) is 6.61 Å². The molecule has 0 unspecified atom stereocenters. The van der Waals surface area contributed by atoms with E-state index in [0.717, 1.165) is 5.56 Å². The molecule has 0 aliphatic carbocycles. The Bertz CT molecular complexity index is 885. The molecule has 0 aromatic heterocycles. The van der Waals surface area contributed by atoms with E-state index in [1.165, 1.54) is 0 Å². The van der Waals surface area contributed by atoms with Crippen molar-refractivity contribution in [2.75, 3.05) is 17.2 Å². The van der Waals surface area contributed by atoms with Crippen LogP contribution in [0.4, 0.5) is 16.2 Å². The number of hydrogen-bond acceptors (Lipinski definition) is 5. The highest BCUT2D eigenvalue weighted by Crippen LogP contribution is 2.18. The zero-order valence-electron chi connectivity index (χ0n) is 17.8. The largest absolute Gasteiger partial charge is 0.465 e. The molecule has 2 aromatic carbocycles. The summed E-state index contributed by atoms with van der Waals surface area (Å²) in [5, 5.41) is 5.50. The normalized spacial score (nSPS) is 10.8. The van der Waals surface area contributed by atoms with Crippen LogP contribution in [0.5, 0.6) is 0 Å². The number of anilines is 2. The van der Waals surface area contributed by atoms with E-state index in [1.54, 1.807) is 58.0 Å². The van der Waals surface area contributed by atoms with E-state index < -0.39 is 11.7 Å². The Morgan fingerprint density at radius 3 is 2.23 bits per heavy atom. The average molecular weight is 412 g/mol. The van der Waals surface area contributed by atoms with Crippen LogP contribution in [0.2, 0.25) is 0 Å². The van der Waals surface area contributed by atoms with Gasteiger partial charge in [0.2, 0.25) is 0 Å². The summed E-state index contributed by atoms with van der Waals surface area (Å²) in [6.45, 7) is 7.35. The molecule has 0 saturated heterocycles. The second-order valence-electron chi connectivity index (χ2n) is 7.64. The minimum absolute atomic E-state index is 0.253. The fourth-order valence-electron chi connectivity index (χ4n) is 2.56. The Morgan fingerprint density at radius 1 is 0.933 bits per heavy atom. The summed E-state index contributed by atoms with van der Waals surface area (Å²) in [7, 11) is 0. The maximum absolute atomic E-state index is 12.6. The molecule has 0 aliphatic rings. The van der Waals surface area contributed by atoms with Gasteiger partial charge in [0.1, 0.15) is 5.60 Å². The molecular formula is C23H28N2O5. The van der Waals surface area contributed by atoms with Crippen LogP contribution >= 0.6 is 0 Å². The van der Waals surface area contributed by atoms with E-state index in [0.29, 0.717) is 29.8 Å². The first kappa shape index (κ1) is 22.9. The highest BCUT2D eigenvalue weighted by molar-refractivity contribution is 6.05. The molecule has 7 heteroatoms. The minimum atomic E-state index is -0.591. The van der Waals surface area contributed by atoms with Crippen LogP contribution in [-0.4, -0.2) is 30.2 Å². The molecule has 0 heterocycles. The summed E-state index contributed by atoms with van der Waals surface area (Å²) >= 11 is 0. The third-order valence-corrected chi connectivity index (χ3v) is 3.98. The van der Waals surface area contributed by atoms with Gasteiger partial charge in [-0.1, -0.05) is 25.1 Å². The van der Waals surface area contributed by atoms with E-state index in [2.05, 4.69) is 10.6 Å². The number of nitrogens with one attached hydrogen (secondary N) is 2. The molecular weight excluding hydrogens is 384 g/mol. The van der Waals surface area contributed by atoms with Crippen molar-refractivity contribution in [2.24, 2.45) is 0 Å². The lowest BCUT2D eigenvalue weighted by Crippen LogP contribution is -2.27. The molecule has 30 heavy (non-hydrogen) atoms. The van der Waals surface area contributed by atoms with Gasteiger partial charge in [-0.05, 0) is 56.7 Å². The summed E-state index contributed by atoms with van der Waals surface area (Å²) in [5.74, 6) is -0.534. The molecule has 0 fully saturated rings. The lowest BCUT2D eigenvalue weighted by atomic mass is 10.1. The van der Waals surface area contributed by atoms with Gasteiger partial charge in [0, 0.05) is 29.8 Å². The Morgan fingerprint density at radius 2 is 1.60 bits per heavy atom. The fraction of sp³-hybridized carbons (Fsp3) is 0.348. The van der Waals surface area contributed by atoms with Crippen LogP contribution in [0, 0.1) is 0 Å². The summed E-state index contributed by atoms with van der Waals surface area (Å²) < 4.78 is 10.3. The standard InChI is InChI=1S/C23H28N2O5/c1-5-20(26)29-15-14-16-8-6-7-9-19(16)25-21(27)17-10-12-18(13-11-17)24-22(28)30-23(2,3)4/h6-13H,5,14-15H2,1-4H3,(H,24,28)(H,25,27). The third-order valence-electron chi connectivity index (χ3n) is 3.98. The van der Waals surface area contributed by atoms with Gasteiger partial charge in [0.15, 0.2) is 0 Å². The predicted molar refractivity (Wildman–Crippen MR) is 116 cm³/mol. The molecule has 2 N–H and O–H groups in total. The molecule has 2 amide bonds. The zero-order chi connectivity index (χ0) is 22.1. The minimum Gasteiger partial charge on any atom is -0.465 e. The van der Waals surface area contributed by atoms with Crippen molar-refractivity contribution in [3.63, 3.8) is 0 Å². The van der Waals surface area contributed by atoms with Crippen LogP contribution < -0.4 is 10.6 Å². The second kappa shape index (κ2) is 10.4. The average Bonchev–Trinajstić information content (AvgIpc) is 2.68. The van der Waals surface area contributed by atoms with E-state index >= 15 is 0 Å². The number of rotatable bonds is 7. The van der Waals surface area contributed by atoms with Crippen molar-refractivity contribution in [3.8, 4) is 0 Å². The van der Waals surface area contributed by atoms with E-state index in [4.69, 9.17) is 9.47 Å². The number of ether oxygens (including phenoxy) is 2. The van der Waals surface area contributed by atoms with E-state index in [-0.39, 0.29) is 18.5 Å². The first-order valence-corrected chi connectivity index (χ1v) is 9.83. The molecule has 0 radical (unpaired) electrons. The lowest BCUT2D eigenvalue weighted by Gasteiger charge is -2.19. The highest BCUT2D eigenvalue weighted by atomic mass is 16.6. The number of amides is 2. The zero-order valence-corrected chi connectivity index (χ0v) is 17.8. The first-order valence-electron chi connectivity index (χ1n) is 9.83. The fourth-order valence-corrected chi connectivity index (χ4v) is 2.56. The Hall–Kier alpha value is -3.35. The maximum atomic E-state index is 12.6. The summed E-state index contributed by atoms with van der Waals surface area (Å²) in [4.78, 5) is 35.7. The monoisotopic (exact) mass is 412 g/mol. The number of benzene rings is 2. The van der Waals surface area contributed by atoms with Crippen LogP contribution in [0.15, 0.2) is 48.5 Å². The number of carbonyl (C=O) groups is 3. The number of carbonyl (C=O) groups excluding carboxylic acids is 3. The van der Waals surface area contributed by atoms with Gasteiger partial charge in [-0.15, -0.1) is 0 Å². The van der Waals surface area contributed by atoms with Crippen molar-refractivity contribution in [1.82, 2.24) is 0 Å². The molecule has 0 spiro atoms. The van der Waals surface area contributed by atoms with Crippen molar-refractivity contribution in [1.29, 1.82) is 0 Å². The van der Waals surface area contributed by atoms with Gasteiger partial charge in [0.25, 0.3) is 5.91 Å². The molecule has 0 saturated carbocycles. The van der Waals surface area contributed by atoms with Crippen LogP contribution in [0.3, 0.4) is 0 Å². The molecule has 0 bridgehead atoms. The Kier molecular flexibility index (Phi) is 7.98. The van der Waals surface area contributed by atoms with Gasteiger partial charge < -0.3 is 14.8 Å². The molecule has 2 aromatic rings. The molecule has 0 atom stereocenters. The second-order valence-corrected chi connectivity index (χ2v) is 7.64. The van der Waals surface area contributed by atoms with Gasteiger partial charge in [-0.3, -0.25) is 14.9 Å². The number of para-hydroxylation sites is 1. The van der Waals surface area contributed by atoms with E-state index in [9.17, 15) is 14.4 Å². The lowest BCUT2D eigenvalue weighted by molar-refractivity contribution is -0.143. The molecule has 2 rings (SSSR count). The van der Waals surface area contributed by atoms with Crippen molar-refractivity contribution < 1.29 is 23.9 Å². The van der Waals surface area contributed by atoms with Gasteiger partial charge in [-0.2, -0.15) is 0 Å². The summed E-state index contributed by atoms with van der Waals surface area (Å²) in [6.07, 6.45) is 0.273. The topological polar surface area (TPSA) is 93.7 Å². The quantitative estimate of drug-likeness (QED) is 0.638. The molecule has 160 valence electrons. The maximum Gasteiger partial charge on any atom is 0.412 e. The van der Waals surface area contributed by atoms with Crippen LogP contribution in [0.1, 0.15) is 50.0 Å². The van der Waals surface area contributed by atoms with Gasteiger partial charge >= 0.3 is 12.1 Å². The Labute approximate surface area is 176 Å². The smallest absolute Gasteiger partial charge is 0.412 e. The van der Waals surface area contributed by atoms with Crippen molar-refractivity contribution in [3.05, 3.63) is 59.7 Å². The highest BCUT2D eigenvalue weighted by Gasteiger charge is 2.16. The van der Waals surface area contributed by atoms with Gasteiger partial charge in [-0.25, -0.2) is 4.79 Å². The third kappa shape index (κ3) is 7.58. The molecule has 0 aliphatic heterocycles. The summed E-state index contributed by atoms with van der Waals surface area (Å²) in [6, 6.07) is 13.9. The number of esters is 1. The first-order chi connectivity index (χ1) is 14.2. The predicted octanol–water partition coefficient (Wildman–Crippen LogP) is 4.78. The van der Waals surface area contributed by atoms with Crippen molar-refractivity contribution >= 4 is 29.3 Å². The summed E-state index contributed by atoms with van der Waals surface area (Å²) in [5.41, 5.74) is 1.91. The SMILES string of the molecule is CCC(=O)OCCc1ccccc1NC(=O)c1ccc(NC(=O)OC(C)(C)C)cc1.